The molecular formula is C18H31N5O4. The van der Waals surface area contributed by atoms with Crippen LogP contribution in [0.4, 0.5) is 4.79 Å². The molecule has 1 aliphatic heterocycles. The number of likely N-dealkylation sites (N-methyl/N-ethyl adjacent to an activating group) is 1. The van der Waals surface area contributed by atoms with Crippen molar-refractivity contribution in [3.63, 3.8) is 0 Å². The Kier molecular flexibility index (Phi) is 6.80. The van der Waals surface area contributed by atoms with Gasteiger partial charge in [0.2, 0.25) is 5.91 Å². The van der Waals surface area contributed by atoms with Crippen LogP contribution in [0.3, 0.4) is 0 Å². The second-order valence-electron chi connectivity index (χ2n) is 7.87. The second kappa shape index (κ2) is 8.69. The highest BCUT2D eigenvalue weighted by Gasteiger charge is 2.52. The molecule has 2 rings (SSSR count). The topological polar surface area (TPSA) is 102 Å². The number of carbonyl (C=O) groups excluding carboxylic acids is 4. The third-order valence-electron chi connectivity index (χ3n) is 5.29. The number of hydrogen-bond acceptors (Lipinski definition) is 5. The first-order valence-corrected chi connectivity index (χ1v) is 9.57. The summed E-state index contributed by atoms with van der Waals surface area (Å²) in [5.41, 5.74) is 1.53. The molecule has 1 aliphatic carbocycles. The molecule has 9 heteroatoms. The predicted octanol–water partition coefficient (Wildman–Crippen LogP) is 0.319. The van der Waals surface area contributed by atoms with Crippen LogP contribution in [-0.2, 0) is 14.4 Å². The number of carbonyl (C=O) groups is 4. The van der Waals surface area contributed by atoms with Gasteiger partial charge in [0.05, 0.1) is 13.1 Å². The summed E-state index contributed by atoms with van der Waals surface area (Å²) in [5.74, 6) is -0.457. The van der Waals surface area contributed by atoms with Crippen molar-refractivity contribution in [1.82, 2.24) is 25.6 Å². The Balaban J connectivity index is 1.96. The molecule has 5 amide bonds. The maximum atomic E-state index is 12.8. The molecular weight excluding hydrogens is 350 g/mol. The highest BCUT2D eigenvalue weighted by Crippen LogP contribution is 2.35. The van der Waals surface area contributed by atoms with Gasteiger partial charge in [0, 0.05) is 14.1 Å². The first-order valence-electron chi connectivity index (χ1n) is 9.57. The fourth-order valence-corrected chi connectivity index (χ4v) is 3.54. The summed E-state index contributed by atoms with van der Waals surface area (Å²) in [6.45, 7) is 4.70. The van der Waals surface area contributed by atoms with Gasteiger partial charge < -0.3 is 10.2 Å². The Morgan fingerprint density at radius 2 is 1.85 bits per heavy atom. The fourth-order valence-electron chi connectivity index (χ4n) is 3.54. The summed E-state index contributed by atoms with van der Waals surface area (Å²) >= 11 is 0. The Morgan fingerprint density at radius 1 is 1.22 bits per heavy atom. The molecule has 0 aromatic heterocycles. The molecule has 0 radical (unpaired) electrons. The minimum Gasteiger partial charge on any atom is -0.348 e. The number of imide groups is 1. The third kappa shape index (κ3) is 4.97. The molecule has 0 aromatic carbocycles. The van der Waals surface area contributed by atoms with Gasteiger partial charge in [-0.2, -0.15) is 5.01 Å². The van der Waals surface area contributed by atoms with E-state index in [1.54, 1.807) is 19.0 Å². The summed E-state index contributed by atoms with van der Waals surface area (Å²) in [6, 6.07) is -0.589. The van der Waals surface area contributed by atoms with E-state index in [1.807, 2.05) is 6.92 Å². The van der Waals surface area contributed by atoms with E-state index in [2.05, 4.69) is 17.7 Å². The van der Waals surface area contributed by atoms with Crippen molar-refractivity contribution in [3.8, 4) is 0 Å². The van der Waals surface area contributed by atoms with Gasteiger partial charge in [0.25, 0.3) is 11.8 Å². The molecule has 27 heavy (non-hydrogen) atoms. The molecule has 1 heterocycles. The van der Waals surface area contributed by atoms with Gasteiger partial charge in [-0.1, -0.05) is 13.8 Å². The molecule has 1 saturated carbocycles. The summed E-state index contributed by atoms with van der Waals surface area (Å²) in [4.78, 5) is 52.5. The van der Waals surface area contributed by atoms with Crippen LogP contribution in [0, 0.1) is 5.92 Å². The van der Waals surface area contributed by atoms with Gasteiger partial charge in [0.15, 0.2) is 0 Å². The van der Waals surface area contributed by atoms with E-state index >= 15 is 0 Å². The summed E-state index contributed by atoms with van der Waals surface area (Å²) < 4.78 is 0. The third-order valence-corrected chi connectivity index (χ3v) is 5.29. The van der Waals surface area contributed by atoms with Crippen molar-refractivity contribution < 1.29 is 19.2 Å². The molecule has 2 aliphatic rings. The molecule has 9 nitrogen and oxygen atoms in total. The highest BCUT2D eigenvalue weighted by atomic mass is 16.2. The lowest BCUT2D eigenvalue weighted by molar-refractivity contribution is -0.141. The monoisotopic (exact) mass is 381 g/mol. The lowest BCUT2D eigenvalue weighted by Gasteiger charge is -2.33. The van der Waals surface area contributed by atoms with Crippen LogP contribution in [0.5, 0.6) is 0 Å². The summed E-state index contributed by atoms with van der Waals surface area (Å²) in [6.07, 6.45) is 3.68. The fraction of sp³-hybridized carbons (Fsp3) is 0.778. The number of amides is 5. The Hall–Kier alpha value is -2.16. The Bertz CT molecular complexity index is 599. The largest absolute Gasteiger partial charge is 0.348 e. The molecule has 2 fully saturated rings. The van der Waals surface area contributed by atoms with E-state index in [9.17, 15) is 19.2 Å². The van der Waals surface area contributed by atoms with Crippen LogP contribution < -0.4 is 10.7 Å². The van der Waals surface area contributed by atoms with E-state index in [0.29, 0.717) is 25.3 Å². The van der Waals surface area contributed by atoms with Gasteiger partial charge in [-0.15, -0.1) is 0 Å². The quantitative estimate of drug-likeness (QED) is 0.619. The maximum absolute atomic E-state index is 12.8. The molecule has 0 aromatic rings. The molecule has 152 valence electrons. The lowest BCUT2D eigenvalue weighted by atomic mass is 9.77. The first-order chi connectivity index (χ1) is 12.7. The molecule has 1 spiro atoms. The molecule has 0 atom stereocenters. The van der Waals surface area contributed by atoms with Crippen molar-refractivity contribution in [2.45, 2.75) is 51.5 Å². The van der Waals surface area contributed by atoms with Crippen molar-refractivity contribution in [2.24, 2.45) is 5.92 Å². The summed E-state index contributed by atoms with van der Waals surface area (Å²) in [5, 5.41) is 3.57. The van der Waals surface area contributed by atoms with Crippen molar-refractivity contribution in [3.05, 3.63) is 0 Å². The summed E-state index contributed by atoms with van der Waals surface area (Å²) in [7, 11) is 3.31. The Labute approximate surface area is 160 Å². The van der Waals surface area contributed by atoms with E-state index in [4.69, 9.17) is 0 Å². The smallest absolute Gasteiger partial charge is 0.344 e. The average molecular weight is 381 g/mol. The van der Waals surface area contributed by atoms with Crippen LogP contribution >= 0.6 is 0 Å². The van der Waals surface area contributed by atoms with Crippen molar-refractivity contribution in [2.75, 3.05) is 33.7 Å². The molecule has 1 saturated heterocycles. The van der Waals surface area contributed by atoms with Crippen LogP contribution in [0.15, 0.2) is 0 Å². The van der Waals surface area contributed by atoms with Crippen molar-refractivity contribution in [1.29, 1.82) is 0 Å². The minimum atomic E-state index is -0.888. The number of nitrogens with zero attached hydrogens (tertiary/aromatic N) is 3. The van der Waals surface area contributed by atoms with E-state index in [-0.39, 0.29) is 24.9 Å². The van der Waals surface area contributed by atoms with Gasteiger partial charge in [-0.05, 0) is 44.6 Å². The van der Waals surface area contributed by atoms with E-state index < -0.39 is 17.5 Å². The van der Waals surface area contributed by atoms with Gasteiger partial charge in [-0.3, -0.25) is 24.7 Å². The predicted molar refractivity (Wildman–Crippen MR) is 99.3 cm³/mol. The van der Waals surface area contributed by atoms with Crippen LogP contribution in [0.2, 0.25) is 0 Å². The van der Waals surface area contributed by atoms with Crippen LogP contribution in [-0.4, -0.2) is 77.8 Å². The highest BCUT2D eigenvalue weighted by molar-refractivity contribution is 6.08. The maximum Gasteiger partial charge on any atom is 0.344 e. The van der Waals surface area contributed by atoms with Gasteiger partial charge in [0.1, 0.15) is 5.54 Å². The number of hydrogen-bond donors (Lipinski definition) is 2. The average Bonchev–Trinajstić information content (AvgIpc) is 2.82. The van der Waals surface area contributed by atoms with E-state index in [1.165, 1.54) is 4.90 Å². The minimum absolute atomic E-state index is 0.0610. The zero-order chi connectivity index (χ0) is 20.2. The van der Waals surface area contributed by atoms with Crippen LogP contribution in [0.1, 0.15) is 46.0 Å². The van der Waals surface area contributed by atoms with Crippen molar-refractivity contribution >= 4 is 23.8 Å². The first kappa shape index (κ1) is 21.1. The number of nitrogens with one attached hydrogen (secondary N) is 2. The van der Waals surface area contributed by atoms with E-state index in [0.717, 1.165) is 24.3 Å². The number of rotatable bonds is 7. The standard InChI is InChI=1S/C18H31N5O4/c1-5-10-22(12-15(25)21(3)4)11-14(24)20-23-16(26)18(19-17(23)27)8-6-13(2)7-9-18/h13H,5-12H2,1-4H3,(H,19,27)(H,20,24). The Morgan fingerprint density at radius 3 is 2.41 bits per heavy atom. The lowest BCUT2D eigenvalue weighted by Crippen LogP contribution is -2.53. The van der Waals surface area contributed by atoms with Gasteiger partial charge in [-0.25, -0.2) is 4.79 Å². The van der Waals surface area contributed by atoms with Gasteiger partial charge >= 0.3 is 6.03 Å². The van der Waals surface area contributed by atoms with Crippen LogP contribution in [0.25, 0.3) is 0 Å². The number of urea groups is 1. The SMILES string of the molecule is CCCN(CC(=O)NN1C(=O)NC2(CCC(C)CC2)C1=O)CC(=O)N(C)C. The zero-order valence-electron chi connectivity index (χ0n) is 16.7. The molecule has 0 bridgehead atoms. The normalized spacial score (nSPS) is 25.1. The zero-order valence-corrected chi connectivity index (χ0v) is 16.7. The molecule has 2 N–H and O–H groups in total. The number of hydrazine groups is 1. The second-order valence-corrected chi connectivity index (χ2v) is 7.87. The molecule has 0 unspecified atom stereocenters.